The Morgan fingerprint density at radius 3 is 1.55 bits per heavy atom. The molecule has 2 aromatic carbocycles. The second kappa shape index (κ2) is 19.5. The predicted molar refractivity (Wildman–Crippen MR) is 243 cm³/mol. The van der Waals surface area contributed by atoms with E-state index in [1.807, 2.05) is 112 Å². The summed E-state index contributed by atoms with van der Waals surface area (Å²) in [6.07, 6.45) is 2.83. The van der Waals surface area contributed by atoms with E-state index in [2.05, 4.69) is 25.1 Å². The highest BCUT2D eigenvalue weighted by atomic mass is 19.4. The van der Waals surface area contributed by atoms with Gasteiger partial charge in [-0.25, -0.2) is 14.8 Å². The summed E-state index contributed by atoms with van der Waals surface area (Å²) in [4.78, 5) is 64.5. The van der Waals surface area contributed by atoms with E-state index in [0.717, 1.165) is 107 Å². The van der Waals surface area contributed by atoms with E-state index in [9.17, 15) is 32.3 Å². The van der Waals surface area contributed by atoms with Crippen LogP contribution in [-0.4, -0.2) is 169 Å². The molecule has 15 nitrogen and oxygen atoms in total. The van der Waals surface area contributed by atoms with Crippen molar-refractivity contribution in [2.45, 2.75) is 39.0 Å². The molecular formula is C48H53F3N10O5. The molecule has 66 heavy (non-hydrogen) atoms. The number of rotatable bonds is 6. The number of halogens is 3. The standard InChI is InChI=1S/C24H27N5O2.C15H12N2O2.C9H14F3N3O/c1-17-3-6-23(25-14-17)29-8-7-19-13-20(4-5-22(19)29)24(31)28-15-21(16-28)27-11-9-26(10-12-27)18(2)30;1-10-2-5-14(16-9-10)17-7-6-11-8-12(15(18)19)3-4-13(11)17;10-9(11,12)8(16)15-3-1-14(2-4-15)7-5-13-6-7/h3-8,13-14,21H,9-12,15-16H2,1-2H3;2-9H,1H3,(H,18,19);7,13H,1-6H2. The van der Waals surface area contributed by atoms with Gasteiger partial charge in [-0.15, -0.1) is 0 Å². The Morgan fingerprint density at radius 2 is 1.11 bits per heavy atom. The molecule has 0 spiro atoms. The minimum atomic E-state index is -4.74. The van der Waals surface area contributed by atoms with Gasteiger partial charge in [-0.3, -0.25) is 24.2 Å². The number of likely N-dealkylation sites (tertiary alicyclic amines) is 1. The van der Waals surface area contributed by atoms with Gasteiger partial charge in [0, 0.05) is 139 Å². The number of pyridine rings is 2. The Bertz CT molecular complexity index is 2690. The number of benzene rings is 2. The number of nitrogens with one attached hydrogen (secondary N) is 1. The number of carbonyl (C=O) groups excluding carboxylic acids is 3. The van der Waals surface area contributed by atoms with Crippen LogP contribution in [0, 0.1) is 13.8 Å². The number of amides is 3. The van der Waals surface area contributed by atoms with Crippen molar-refractivity contribution in [2.24, 2.45) is 0 Å². The van der Waals surface area contributed by atoms with Crippen LogP contribution in [0.15, 0.2) is 97.6 Å². The molecule has 0 atom stereocenters. The first-order valence-corrected chi connectivity index (χ1v) is 22.0. The van der Waals surface area contributed by atoms with Gasteiger partial charge in [0.25, 0.3) is 5.91 Å². The van der Waals surface area contributed by atoms with E-state index >= 15 is 0 Å². The van der Waals surface area contributed by atoms with Crippen molar-refractivity contribution >= 4 is 45.5 Å². The van der Waals surface area contributed by atoms with Crippen LogP contribution >= 0.6 is 0 Å². The lowest BCUT2D eigenvalue weighted by Crippen LogP contribution is -2.64. The Balaban J connectivity index is 0.000000145. The molecule has 4 aliphatic rings. The van der Waals surface area contributed by atoms with Gasteiger partial charge in [0.2, 0.25) is 5.91 Å². The van der Waals surface area contributed by atoms with E-state index in [1.54, 1.807) is 25.1 Å². The molecule has 4 aliphatic heterocycles. The van der Waals surface area contributed by atoms with Crippen molar-refractivity contribution in [2.75, 3.05) is 78.5 Å². The lowest BCUT2D eigenvalue weighted by Gasteiger charge is -2.48. The fourth-order valence-corrected chi connectivity index (χ4v) is 8.59. The molecule has 4 aromatic heterocycles. The average molecular weight is 907 g/mol. The maximum Gasteiger partial charge on any atom is 0.471 e. The highest BCUT2D eigenvalue weighted by Gasteiger charge is 2.44. The number of hydrogen-bond acceptors (Lipinski definition) is 9. The first kappa shape index (κ1) is 45.9. The van der Waals surface area contributed by atoms with Gasteiger partial charge in [0.05, 0.1) is 16.6 Å². The van der Waals surface area contributed by atoms with Crippen LogP contribution in [0.25, 0.3) is 33.4 Å². The van der Waals surface area contributed by atoms with Gasteiger partial charge in [-0.2, -0.15) is 13.2 Å². The highest BCUT2D eigenvalue weighted by Crippen LogP contribution is 2.26. The molecule has 10 rings (SSSR count). The zero-order valence-corrected chi connectivity index (χ0v) is 37.1. The van der Waals surface area contributed by atoms with Crippen LogP contribution in [0.3, 0.4) is 0 Å². The number of carboxylic acids is 1. The van der Waals surface area contributed by atoms with Gasteiger partial charge in [-0.1, -0.05) is 12.1 Å². The predicted octanol–water partition coefficient (Wildman–Crippen LogP) is 5.02. The number of carbonyl (C=O) groups is 4. The first-order chi connectivity index (χ1) is 31.6. The zero-order valence-electron chi connectivity index (χ0n) is 37.1. The lowest BCUT2D eigenvalue weighted by atomic mass is 10.0. The van der Waals surface area contributed by atoms with Gasteiger partial charge < -0.3 is 34.3 Å². The molecule has 4 fully saturated rings. The van der Waals surface area contributed by atoms with Crippen molar-refractivity contribution in [3.05, 3.63) is 120 Å². The third kappa shape index (κ3) is 10.2. The third-order valence-corrected chi connectivity index (χ3v) is 12.7. The van der Waals surface area contributed by atoms with Gasteiger partial charge >= 0.3 is 18.1 Å². The molecular weight excluding hydrogens is 854 g/mol. The summed E-state index contributed by atoms with van der Waals surface area (Å²) < 4.78 is 40.4. The summed E-state index contributed by atoms with van der Waals surface area (Å²) in [6.45, 7) is 13.7. The second-order valence-electron chi connectivity index (χ2n) is 17.2. The summed E-state index contributed by atoms with van der Waals surface area (Å²) in [6, 6.07) is 23.7. The number of piperazine rings is 2. The Hall–Kier alpha value is -6.63. The van der Waals surface area contributed by atoms with Gasteiger partial charge in [-0.05, 0) is 85.6 Å². The molecule has 0 saturated carbocycles. The zero-order chi connectivity index (χ0) is 46.7. The number of aromatic carboxylic acids is 1. The van der Waals surface area contributed by atoms with Crippen molar-refractivity contribution in [1.29, 1.82) is 0 Å². The maximum absolute atomic E-state index is 13.0. The van der Waals surface area contributed by atoms with Crippen molar-refractivity contribution in [3.8, 4) is 11.6 Å². The topological polar surface area (TPSA) is 152 Å². The summed E-state index contributed by atoms with van der Waals surface area (Å²) in [5, 5.41) is 14.0. The number of nitrogens with zero attached hydrogens (tertiary/aromatic N) is 9. The van der Waals surface area contributed by atoms with Crippen LogP contribution in [0.1, 0.15) is 38.8 Å². The number of aromatic nitrogens is 4. The summed E-state index contributed by atoms with van der Waals surface area (Å²) in [5.41, 5.74) is 5.23. The van der Waals surface area contributed by atoms with E-state index in [-0.39, 0.29) is 24.9 Å². The lowest BCUT2D eigenvalue weighted by molar-refractivity contribution is -0.187. The minimum Gasteiger partial charge on any atom is -0.478 e. The molecule has 2 N–H and O–H groups in total. The van der Waals surface area contributed by atoms with Crippen LogP contribution in [0.4, 0.5) is 13.2 Å². The monoisotopic (exact) mass is 906 g/mol. The summed E-state index contributed by atoms with van der Waals surface area (Å²) in [5.74, 6) is -0.699. The largest absolute Gasteiger partial charge is 0.478 e. The number of fused-ring (bicyclic) bond motifs is 2. The van der Waals surface area contributed by atoms with E-state index in [4.69, 9.17) is 5.11 Å². The van der Waals surface area contributed by atoms with Crippen LogP contribution in [0.2, 0.25) is 0 Å². The Labute approximate surface area is 380 Å². The van der Waals surface area contributed by atoms with E-state index in [0.29, 0.717) is 30.7 Å². The Morgan fingerprint density at radius 1 is 0.621 bits per heavy atom. The average Bonchev–Trinajstić information content (AvgIpc) is 3.90. The normalized spacial score (nSPS) is 17.3. The number of carboxylic acid groups (broad SMARTS) is 1. The van der Waals surface area contributed by atoms with Gasteiger partial charge in [0.1, 0.15) is 11.6 Å². The SMILES string of the molecule is CC(=O)N1CCN(C2CN(C(=O)c3ccc4c(ccn4-c4ccc(C)cn4)c3)C2)CC1.Cc1ccc(-n2ccc3cc(C(=O)O)ccc32)nc1.O=C(N1CCN(C2CNC2)CC1)C(F)(F)F. The van der Waals surface area contributed by atoms with E-state index in [1.165, 1.54) is 0 Å². The molecule has 0 aliphatic carbocycles. The molecule has 346 valence electrons. The van der Waals surface area contributed by atoms with E-state index < -0.39 is 18.1 Å². The number of aryl methyl sites for hydroxylation is 2. The molecule has 0 unspecified atom stereocenters. The molecule has 4 saturated heterocycles. The van der Waals surface area contributed by atoms with Crippen molar-refractivity contribution in [1.82, 2.24) is 48.9 Å². The molecule has 3 amide bonds. The molecule has 0 bridgehead atoms. The highest BCUT2D eigenvalue weighted by molar-refractivity contribution is 5.99. The Kier molecular flexibility index (Phi) is 13.5. The van der Waals surface area contributed by atoms with Crippen molar-refractivity contribution < 1.29 is 37.5 Å². The van der Waals surface area contributed by atoms with Crippen LogP contribution < -0.4 is 5.32 Å². The molecule has 0 radical (unpaired) electrons. The molecule has 8 heterocycles. The maximum atomic E-state index is 13.0. The smallest absolute Gasteiger partial charge is 0.471 e. The number of hydrogen-bond donors (Lipinski definition) is 2. The molecule has 18 heteroatoms. The molecule has 6 aromatic rings. The summed E-state index contributed by atoms with van der Waals surface area (Å²) in [7, 11) is 0. The second-order valence-corrected chi connectivity index (χ2v) is 17.2. The quantitative estimate of drug-likeness (QED) is 0.233. The van der Waals surface area contributed by atoms with Crippen molar-refractivity contribution in [3.63, 3.8) is 0 Å². The fraction of sp³-hybridized carbons (Fsp3) is 0.375. The number of alkyl halides is 3. The van der Waals surface area contributed by atoms with Crippen LogP contribution in [-0.2, 0) is 9.59 Å². The van der Waals surface area contributed by atoms with Crippen LogP contribution in [0.5, 0.6) is 0 Å². The summed E-state index contributed by atoms with van der Waals surface area (Å²) >= 11 is 0. The minimum absolute atomic E-state index is 0.0849. The third-order valence-electron chi connectivity index (χ3n) is 12.7. The first-order valence-electron chi connectivity index (χ1n) is 22.0. The van der Waals surface area contributed by atoms with Gasteiger partial charge in [0.15, 0.2) is 0 Å². The fourth-order valence-electron chi connectivity index (χ4n) is 8.59.